The Morgan fingerprint density at radius 1 is 1.14 bits per heavy atom. The van der Waals surface area contributed by atoms with E-state index < -0.39 is 16.9 Å². The fourth-order valence-electron chi connectivity index (χ4n) is 1.67. The standard InChI is InChI=1S/C15H14N2O5/c1-10(15(16)18)21-11-6-8-12(9-7-11)22-14-5-3-2-4-13(14)17(19)20/h2-10H,1H3,(H2,16,18). The molecule has 0 aliphatic rings. The molecular formula is C15H14N2O5. The number of benzene rings is 2. The third-order valence-corrected chi connectivity index (χ3v) is 2.83. The van der Waals surface area contributed by atoms with E-state index in [4.69, 9.17) is 15.2 Å². The van der Waals surface area contributed by atoms with Crippen molar-refractivity contribution in [2.24, 2.45) is 5.73 Å². The van der Waals surface area contributed by atoms with E-state index in [-0.39, 0.29) is 11.4 Å². The number of para-hydroxylation sites is 2. The number of nitro benzene ring substituents is 1. The summed E-state index contributed by atoms with van der Waals surface area (Å²) < 4.78 is 10.8. The summed E-state index contributed by atoms with van der Waals surface area (Å²) in [6.45, 7) is 1.54. The average molecular weight is 302 g/mol. The lowest BCUT2D eigenvalue weighted by atomic mass is 10.3. The molecule has 0 bridgehead atoms. The molecular weight excluding hydrogens is 288 g/mol. The molecule has 0 aliphatic heterocycles. The van der Waals surface area contributed by atoms with E-state index in [9.17, 15) is 14.9 Å². The van der Waals surface area contributed by atoms with Crippen LogP contribution in [0.4, 0.5) is 5.69 Å². The van der Waals surface area contributed by atoms with Gasteiger partial charge in [-0.25, -0.2) is 0 Å². The van der Waals surface area contributed by atoms with Gasteiger partial charge in [0.1, 0.15) is 11.5 Å². The molecule has 2 aromatic rings. The minimum Gasteiger partial charge on any atom is -0.481 e. The van der Waals surface area contributed by atoms with Crippen molar-refractivity contribution in [3.05, 3.63) is 58.6 Å². The number of primary amides is 1. The number of nitro groups is 1. The van der Waals surface area contributed by atoms with Gasteiger partial charge < -0.3 is 15.2 Å². The van der Waals surface area contributed by atoms with Crippen molar-refractivity contribution in [1.29, 1.82) is 0 Å². The van der Waals surface area contributed by atoms with Crippen LogP contribution in [0.5, 0.6) is 17.2 Å². The number of carbonyl (C=O) groups is 1. The summed E-state index contributed by atoms with van der Waals surface area (Å²) in [5.41, 5.74) is 4.99. The van der Waals surface area contributed by atoms with Crippen molar-refractivity contribution in [2.45, 2.75) is 13.0 Å². The van der Waals surface area contributed by atoms with Crippen molar-refractivity contribution >= 4 is 11.6 Å². The quantitative estimate of drug-likeness (QED) is 0.652. The predicted octanol–water partition coefficient (Wildman–Crippen LogP) is 2.64. The Labute approximate surface area is 126 Å². The van der Waals surface area contributed by atoms with Crippen molar-refractivity contribution < 1.29 is 19.2 Å². The highest BCUT2D eigenvalue weighted by molar-refractivity contribution is 5.78. The first-order valence-corrected chi connectivity index (χ1v) is 6.44. The zero-order valence-corrected chi connectivity index (χ0v) is 11.8. The van der Waals surface area contributed by atoms with Gasteiger partial charge in [0.25, 0.3) is 5.91 Å². The second-order valence-corrected chi connectivity index (χ2v) is 4.46. The molecule has 0 aliphatic carbocycles. The largest absolute Gasteiger partial charge is 0.481 e. The number of ether oxygens (including phenoxy) is 2. The van der Waals surface area contributed by atoms with Crippen LogP contribution in [-0.2, 0) is 4.79 Å². The van der Waals surface area contributed by atoms with Gasteiger partial charge in [-0.3, -0.25) is 14.9 Å². The van der Waals surface area contributed by atoms with E-state index in [1.165, 1.54) is 12.1 Å². The smallest absolute Gasteiger partial charge is 0.311 e. The molecule has 2 N–H and O–H groups in total. The summed E-state index contributed by atoms with van der Waals surface area (Å²) >= 11 is 0. The summed E-state index contributed by atoms with van der Waals surface area (Å²) in [4.78, 5) is 21.3. The van der Waals surface area contributed by atoms with E-state index in [1.807, 2.05) is 0 Å². The normalized spacial score (nSPS) is 11.5. The molecule has 0 heterocycles. The van der Waals surface area contributed by atoms with Gasteiger partial charge in [0.15, 0.2) is 6.10 Å². The maximum Gasteiger partial charge on any atom is 0.311 e. The summed E-state index contributed by atoms with van der Waals surface area (Å²) in [6.07, 6.45) is -0.748. The second kappa shape index (κ2) is 6.57. The van der Waals surface area contributed by atoms with Gasteiger partial charge in [-0.05, 0) is 37.3 Å². The zero-order valence-electron chi connectivity index (χ0n) is 11.8. The van der Waals surface area contributed by atoms with Gasteiger partial charge in [-0.15, -0.1) is 0 Å². The Bertz CT molecular complexity index is 685. The van der Waals surface area contributed by atoms with Gasteiger partial charge in [0.05, 0.1) is 4.92 Å². The molecule has 7 nitrogen and oxygen atoms in total. The van der Waals surface area contributed by atoms with E-state index in [0.717, 1.165) is 0 Å². The Morgan fingerprint density at radius 2 is 1.73 bits per heavy atom. The summed E-state index contributed by atoms with van der Waals surface area (Å²) in [5, 5.41) is 10.9. The van der Waals surface area contributed by atoms with E-state index in [2.05, 4.69) is 0 Å². The molecule has 1 unspecified atom stereocenters. The van der Waals surface area contributed by atoms with Gasteiger partial charge >= 0.3 is 5.69 Å². The summed E-state index contributed by atoms with van der Waals surface area (Å²) in [6, 6.07) is 12.4. The van der Waals surface area contributed by atoms with Crippen molar-refractivity contribution in [2.75, 3.05) is 0 Å². The Morgan fingerprint density at radius 3 is 2.32 bits per heavy atom. The topological polar surface area (TPSA) is 105 Å². The first-order valence-electron chi connectivity index (χ1n) is 6.44. The van der Waals surface area contributed by atoms with Crippen LogP contribution in [0.1, 0.15) is 6.92 Å². The van der Waals surface area contributed by atoms with Crippen molar-refractivity contribution in [3.8, 4) is 17.2 Å². The number of hydrogen-bond donors (Lipinski definition) is 1. The Hall–Kier alpha value is -3.09. The highest BCUT2D eigenvalue weighted by Gasteiger charge is 2.15. The molecule has 0 spiro atoms. The highest BCUT2D eigenvalue weighted by atomic mass is 16.6. The maximum atomic E-state index is 10.9. The summed E-state index contributed by atoms with van der Waals surface area (Å²) in [5.74, 6) is 0.432. The molecule has 0 aromatic heterocycles. The number of carbonyl (C=O) groups excluding carboxylic acids is 1. The van der Waals surface area contributed by atoms with Crippen molar-refractivity contribution in [1.82, 2.24) is 0 Å². The number of nitrogens with two attached hydrogens (primary N) is 1. The van der Waals surface area contributed by atoms with Crippen molar-refractivity contribution in [3.63, 3.8) is 0 Å². The first kappa shape index (κ1) is 15.3. The van der Waals surface area contributed by atoms with Crippen LogP contribution in [0.25, 0.3) is 0 Å². The van der Waals surface area contributed by atoms with Gasteiger partial charge in [-0.1, -0.05) is 12.1 Å². The highest BCUT2D eigenvalue weighted by Crippen LogP contribution is 2.31. The van der Waals surface area contributed by atoms with Crippen LogP contribution in [-0.4, -0.2) is 16.9 Å². The SMILES string of the molecule is CC(Oc1ccc(Oc2ccccc2[N+](=O)[O-])cc1)C(N)=O. The molecule has 1 amide bonds. The van der Waals surface area contributed by atoms with Crippen LogP contribution in [0.2, 0.25) is 0 Å². The van der Waals surface area contributed by atoms with Gasteiger partial charge in [0, 0.05) is 6.07 Å². The Balaban J connectivity index is 2.12. The molecule has 7 heteroatoms. The average Bonchev–Trinajstić information content (AvgIpc) is 2.49. The molecule has 22 heavy (non-hydrogen) atoms. The molecule has 114 valence electrons. The zero-order chi connectivity index (χ0) is 16.1. The minimum atomic E-state index is -0.748. The fourth-order valence-corrected chi connectivity index (χ4v) is 1.67. The second-order valence-electron chi connectivity index (χ2n) is 4.46. The van der Waals surface area contributed by atoms with E-state index >= 15 is 0 Å². The van der Waals surface area contributed by atoms with Gasteiger partial charge in [0.2, 0.25) is 5.75 Å². The molecule has 0 fully saturated rings. The number of hydrogen-bond acceptors (Lipinski definition) is 5. The number of amides is 1. The van der Waals surface area contributed by atoms with Gasteiger partial charge in [-0.2, -0.15) is 0 Å². The van der Waals surface area contributed by atoms with Crippen LogP contribution >= 0.6 is 0 Å². The minimum absolute atomic E-state index is 0.120. The predicted molar refractivity (Wildman–Crippen MR) is 78.9 cm³/mol. The fraction of sp³-hybridized carbons (Fsp3) is 0.133. The molecule has 0 radical (unpaired) electrons. The lowest BCUT2D eigenvalue weighted by molar-refractivity contribution is -0.385. The van der Waals surface area contributed by atoms with Crippen LogP contribution in [0.15, 0.2) is 48.5 Å². The Kier molecular flexibility index (Phi) is 4.57. The number of rotatable bonds is 6. The molecule has 2 aromatic carbocycles. The third-order valence-electron chi connectivity index (χ3n) is 2.83. The molecule has 1 atom stereocenters. The lowest BCUT2D eigenvalue weighted by Gasteiger charge is -2.11. The molecule has 0 saturated heterocycles. The monoisotopic (exact) mass is 302 g/mol. The van der Waals surface area contributed by atoms with Crippen LogP contribution in [0.3, 0.4) is 0 Å². The van der Waals surface area contributed by atoms with Crippen LogP contribution < -0.4 is 15.2 Å². The number of nitrogens with zero attached hydrogens (tertiary/aromatic N) is 1. The molecule has 2 rings (SSSR count). The lowest BCUT2D eigenvalue weighted by Crippen LogP contribution is -2.30. The van der Waals surface area contributed by atoms with E-state index in [0.29, 0.717) is 11.5 Å². The summed E-state index contributed by atoms with van der Waals surface area (Å²) in [7, 11) is 0. The molecule has 0 saturated carbocycles. The van der Waals surface area contributed by atoms with E-state index in [1.54, 1.807) is 43.3 Å². The van der Waals surface area contributed by atoms with Crippen LogP contribution in [0, 0.1) is 10.1 Å². The maximum absolute atomic E-state index is 10.9. The first-order chi connectivity index (χ1) is 10.5. The third kappa shape index (κ3) is 3.72.